The van der Waals surface area contributed by atoms with Gasteiger partial charge in [0.2, 0.25) is 11.8 Å². The summed E-state index contributed by atoms with van der Waals surface area (Å²) in [7, 11) is -3.04. The SMILES string of the molecule is COc1ccc(CN(C(=O)CN(c2ccc(Cl)c(C(F)(F)F)c2)S(=O)(=O)c2ccccc2)[C@H](C)C(=O)NC2CCCC2)cc1. The van der Waals surface area contributed by atoms with Crippen molar-refractivity contribution in [2.75, 3.05) is 18.0 Å². The van der Waals surface area contributed by atoms with Crippen LogP contribution in [0.4, 0.5) is 18.9 Å². The maximum absolute atomic E-state index is 14.0. The number of hydrogen-bond donors (Lipinski definition) is 1. The summed E-state index contributed by atoms with van der Waals surface area (Å²) in [5.41, 5.74) is -1.04. The van der Waals surface area contributed by atoms with Gasteiger partial charge in [0, 0.05) is 12.6 Å². The predicted molar refractivity (Wildman–Crippen MR) is 161 cm³/mol. The van der Waals surface area contributed by atoms with Gasteiger partial charge in [-0.1, -0.05) is 54.8 Å². The first-order valence-electron chi connectivity index (χ1n) is 14.0. The number of ether oxygens (including phenoxy) is 1. The average Bonchev–Trinajstić information content (AvgIpc) is 3.51. The Balaban J connectivity index is 1.74. The number of amides is 2. The molecule has 0 aliphatic heterocycles. The first kappa shape index (κ1) is 33.1. The molecule has 1 atom stereocenters. The Bertz CT molecular complexity index is 1560. The number of alkyl halides is 3. The van der Waals surface area contributed by atoms with E-state index in [2.05, 4.69) is 5.32 Å². The standard InChI is InChI=1S/C31H33ClF3N3O5S/c1-21(30(40)36-23-8-6-7-9-23)37(19-22-12-15-25(43-2)16-13-22)29(39)20-38(44(41,42)26-10-4-3-5-11-26)24-14-17-28(32)27(18-24)31(33,34)35/h3-5,10-18,21,23H,6-9,19-20H2,1-2H3,(H,36,40)/t21-/m1/s1. The van der Waals surface area contributed by atoms with Crippen LogP contribution in [0.3, 0.4) is 0 Å². The third-order valence-corrected chi connectivity index (χ3v) is 9.65. The molecule has 1 aliphatic rings. The number of carbonyl (C=O) groups excluding carboxylic acids is 2. The summed E-state index contributed by atoms with van der Waals surface area (Å²) < 4.78 is 74.8. The van der Waals surface area contributed by atoms with Crippen molar-refractivity contribution < 1.29 is 35.9 Å². The van der Waals surface area contributed by atoms with Crippen molar-refractivity contribution in [3.63, 3.8) is 0 Å². The fourth-order valence-corrected chi connectivity index (χ4v) is 6.69. The van der Waals surface area contributed by atoms with Gasteiger partial charge < -0.3 is 15.0 Å². The van der Waals surface area contributed by atoms with Gasteiger partial charge in [-0.05, 0) is 67.8 Å². The van der Waals surface area contributed by atoms with E-state index in [9.17, 15) is 31.2 Å². The number of rotatable bonds is 11. The lowest BCUT2D eigenvalue weighted by atomic mass is 10.1. The van der Waals surface area contributed by atoms with Gasteiger partial charge in [0.15, 0.2) is 0 Å². The van der Waals surface area contributed by atoms with Gasteiger partial charge in [0.05, 0.1) is 28.3 Å². The van der Waals surface area contributed by atoms with E-state index >= 15 is 0 Å². The number of hydrogen-bond acceptors (Lipinski definition) is 5. The van der Waals surface area contributed by atoms with E-state index < -0.39 is 56.9 Å². The van der Waals surface area contributed by atoms with Crippen LogP contribution in [-0.2, 0) is 32.3 Å². The Morgan fingerprint density at radius 3 is 2.25 bits per heavy atom. The quantitative estimate of drug-likeness (QED) is 0.273. The Hall–Kier alpha value is -3.77. The Morgan fingerprint density at radius 1 is 1.02 bits per heavy atom. The molecule has 0 heterocycles. The van der Waals surface area contributed by atoms with Gasteiger partial charge in [-0.2, -0.15) is 13.2 Å². The van der Waals surface area contributed by atoms with E-state index in [0.29, 0.717) is 21.7 Å². The second-order valence-corrected chi connectivity index (χ2v) is 12.8. The molecule has 3 aromatic carbocycles. The van der Waals surface area contributed by atoms with Crippen molar-refractivity contribution in [2.24, 2.45) is 0 Å². The number of nitrogens with zero attached hydrogens (tertiary/aromatic N) is 2. The number of sulfonamides is 1. The Morgan fingerprint density at radius 2 is 1.66 bits per heavy atom. The molecule has 1 saturated carbocycles. The van der Waals surface area contributed by atoms with E-state index in [1.165, 1.54) is 43.2 Å². The molecule has 1 aliphatic carbocycles. The Kier molecular flexibility index (Phi) is 10.5. The minimum atomic E-state index is -4.88. The van der Waals surface area contributed by atoms with Crippen LogP contribution in [0.5, 0.6) is 5.75 Å². The smallest absolute Gasteiger partial charge is 0.417 e. The molecule has 13 heteroatoms. The lowest BCUT2D eigenvalue weighted by Gasteiger charge is -2.32. The fraction of sp³-hybridized carbons (Fsp3) is 0.355. The molecule has 4 rings (SSSR count). The molecule has 236 valence electrons. The van der Waals surface area contributed by atoms with E-state index in [1.54, 1.807) is 30.3 Å². The lowest BCUT2D eigenvalue weighted by Crippen LogP contribution is -2.52. The van der Waals surface area contributed by atoms with E-state index in [-0.39, 0.29) is 17.5 Å². The summed E-state index contributed by atoms with van der Waals surface area (Å²) in [4.78, 5) is 28.3. The maximum atomic E-state index is 14.0. The van der Waals surface area contributed by atoms with E-state index in [1.807, 2.05) is 0 Å². The number of methoxy groups -OCH3 is 1. The van der Waals surface area contributed by atoms with Gasteiger partial charge >= 0.3 is 6.18 Å². The highest BCUT2D eigenvalue weighted by Crippen LogP contribution is 2.38. The van der Waals surface area contributed by atoms with Crippen molar-refractivity contribution >= 4 is 39.1 Å². The monoisotopic (exact) mass is 651 g/mol. The number of halogens is 4. The zero-order valence-corrected chi connectivity index (χ0v) is 25.8. The molecule has 0 bridgehead atoms. The molecule has 8 nitrogen and oxygen atoms in total. The lowest BCUT2D eigenvalue weighted by molar-refractivity contribution is -0.139. The van der Waals surface area contributed by atoms with Crippen LogP contribution in [0.15, 0.2) is 77.7 Å². The van der Waals surface area contributed by atoms with Crippen molar-refractivity contribution in [3.05, 3.63) is 88.9 Å². The van der Waals surface area contributed by atoms with Gasteiger partial charge in [-0.15, -0.1) is 0 Å². The van der Waals surface area contributed by atoms with Crippen LogP contribution in [0.1, 0.15) is 43.7 Å². The van der Waals surface area contributed by atoms with E-state index in [0.717, 1.165) is 37.8 Å². The Labute approximate surface area is 259 Å². The molecule has 3 aromatic rings. The summed E-state index contributed by atoms with van der Waals surface area (Å²) in [5.74, 6) is -0.637. The first-order chi connectivity index (χ1) is 20.8. The van der Waals surface area contributed by atoms with Crippen molar-refractivity contribution in [2.45, 2.75) is 62.3 Å². The van der Waals surface area contributed by atoms with Gasteiger partial charge in [0.25, 0.3) is 10.0 Å². The third-order valence-electron chi connectivity index (χ3n) is 7.53. The maximum Gasteiger partial charge on any atom is 0.417 e. The minimum Gasteiger partial charge on any atom is -0.497 e. The summed E-state index contributed by atoms with van der Waals surface area (Å²) in [6, 6.07) is 15.4. The summed E-state index contributed by atoms with van der Waals surface area (Å²) in [6.45, 7) is 0.578. The van der Waals surface area contributed by atoms with Crippen LogP contribution < -0.4 is 14.4 Å². The molecule has 44 heavy (non-hydrogen) atoms. The van der Waals surface area contributed by atoms with Gasteiger partial charge in [-0.3, -0.25) is 13.9 Å². The zero-order chi connectivity index (χ0) is 32.1. The second-order valence-electron chi connectivity index (χ2n) is 10.5. The van der Waals surface area contributed by atoms with Crippen LogP contribution in [-0.4, -0.2) is 50.9 Å². The van der Waals surface area contributed by atoms with Crippen LogP contribution in [0, 0.1) is 0 Å². The zero-order valence-electron chi connectivity index (χ0n) is 24.2. The molecule has 0 aromatic heterocycles. The van der Waals surface area contributed by atoms with Crippen LogP contribution in [0.25, 0.3) is 0 Å². The number of nitrogens with one attached hydrogen (secondary N) is 1. The predicted octanol–water partition coefficient (Wildman–Crippen LogP) is 6.04. The average molecular weight is 652 g/mol. The topological polar surface area (TPSA) is 96.0 Å². The van der Waals surface area contributed by atoms with Crippen LogP contribution in [0.2, 0.25) is 5.02 Å². The highest BCUT2D eigenvalue weighted by atomic mass is 35.5. The summed E-state index contributed by atoms with van der Waals surface area (Å²) in [5, 5.41) is 2.34. The highest BCUT2D eigenvalue weighted by molar-refractivity contribution is 7.92. The second kappa shape index (κ2) is 13.9. The fourth-order valence-electron chi connectivity index (χ4n) is 5.04. The molecule has 2 amide bonds. The minimum absolute atomic E-state index is 0.0345. The first-order valence-corrected chi connectivity index (χ1v) is 15.8. The molecular formula is C31H33ClF3N3O5S. The molecule has 0 unspecified atom stereocenters. The number of anilines is 1. The normalized spacial score (nSPS) is 14.6. The van der Waals surface area contributed by atoms with Crippen molar-refractivity contribution in [3.8, 4) is 5.75 Å². The molecule has 1 fully saturated rings. The summed E-state index contributed by atoms with van der Waals surface area (Å²) in [6.07, 6.45) is -1.31. The summed E-state index contributed by atoms with van der Waals surface area (Å²) >= 11 is 5.81. The van der Waals surface area contributed by atoms with Gasteiger partial charge in [-0.25, -0.2) is 8.42 Å². The third kappa shape index (κ3) is 7.84. The molecule has 0 radical (unpaired) electrons. The number of carbonyl (C=O) groups is 2. The van der Waals surface area contributed by atoms with Crippen molar-refractivity contribution in [1.29, 1.82) is 0 Å². The molecule has 1 N–H and O–H groups in total. The molecular weight excluding hydrogens is 619 g/mol. The molecule has 0 spiro atoms. The van der Waals surface area contributed by atoms with Crippen molar-refractivity contribution in [1.82, 2.24) is 10.2 Å². The van der Waals surface area contributed by atoms with E-state index in [4.69, 9.17) is 16.3 Å². The van der Waals surface area contributed by atoms with Gasteiger partial charge in [0.1, 0.15) is 18.3 Å². The largest absolute Gasteiger partial charge is 0.497 e. The van der Waals surface area contributed by atoms with Crippen LogP contribution >= 0.6 is 11.6 Å². The highest BCUT2D eigenvalue weighted by Gasteiger charge is 2.37. The molecule has 0 saturated heterocycles. The number of benzene rings is 3.